The largest absolute Gasteiger partial charge is 0.493 e. The Bertz CT molecular complexity index is 514. The number of methoxy groups -OCH3 is 1. The second kappa shape index (κ2) is 9.25. The summed E-state index contributed by atoms with van der Waals surface area (Å²) in [5.41, 5.74) is 7.23. The first-order chi connectivity index (χ1) is 11.2. The molecular formula is C17H27N3O3. The molecule has 1 aromatic rings. The number of morpholine rings is 1. The zero-order chi connectivity index (χ0) is 16.5. The van der Waals surface area contributed by atoms with Crippen LogP contribution in [0.25, 0.3) is 0 Å². The summed E-state index contributed by atoms with van der Waals surface area (Å²) in [7, 11) is 1.65. The minimum Gasteiger partial charge on any atom is -0.493 e. The van der Waals surface area contributed by atoms with Crippen LogP contribution in [0.4, 0.5) is 0 Å². The zero-order valence-corrected chi connectivity index (χ0v) is 14.1. The number of ether oxygens (including phenoxy) is 3. The minimum absolute atomic E-state index is 0.623. The van der Waals surface area contributed by atoms with Crippen LogP contribution in [-0.2, 0) is 11.2 Å². The van der Waals surface area contributed by atoms with E-state index < -0.39 is 0 Å². The summed E-state index contributed by atoms with van der Waals surface area (Å²) in [4.78, 5) is 6.54. The Hall–Kier alpha value is -1.95. The first kappa shape index (κ1) is 17.4. The van der Waals surface area contributed by atoms with E-state index in [1.807, 2.05) is 19.1 Å². The van der Waals surface area contributed by atoms with Crippen LogP contribution in [0.15, 0.2) is 23.2 Å². The molecular weight excluding hydrogens is 294 g/mol. The topological polar surface area (TPSA) is 69.3 Å². The molecule has 1 aliphatic heterocycles. The van der Waals surface area contributed by atoms with E-state index in [4.69, 9.17) is 19.9 Å². The molecule has 1 heterocycles. The van der Waals surface area contributed by atoms with Crippen molar-refractivity contribution in [2.24, 2.45) is 10.7 Å². The number of hydrogen-bond acceptors (Lipinski definition) is 4. The average Bonchev–Trinajstić information content (AvgIpc) is 2.60. The number of rotatable bonds is 7. The molecule has 2 rings (SSSR count). The van der Waals surface area contributed by atoms with E-state index >= 15 is 0 Å². The Morgan fingerprint density at radius 3 is 2.78 bits per heavy atom. The van der Waals surface area contributed by atoms with Gasteiger partial charge < -0.3 is 24.8 Å². The lowest BCUT2D eigenvalue weighted by Gasteiger charge is -2.27. The van der Waals surface area contributed by atoms with Crippen molar-refractivity contribution in [2.75, 3.05) is 46.6 Å². The summed E-state index contributed by atoms with van der Waals surface area (Å²) in [6, 6.07) is 6.06. The van der Waals surface area contributed by atoms with Crippen LogP contribution in [0.1, 0.15) is 18.9 Å². The Morgan fingerprint density at radius 2 is 2.09 bits per heavy atom. The molecule has 1 aromatic carbocycles. The number of aryl methyl sites for hydroxylation is 1. The summed E-state index contributed by atoms with van der Waals surface area (Å²) in [5, 5.41) is 0. The third kappa shape index (κ3) is 5.32. The second-order valence-corrected chi connectivity index (χ2v) is 5.36. The summed E-state index contributed by atoms with van der Waals surface area (Å²) in [6.07, 6.45) is 1.88. The summed E-state index contributed by atoms with van der Waals surface area (Å²) < 4.78 is 16.2. The smallest absolute Gasteiger partial charge is 0.191 e. The van der Waals surface area contributed by atoms with E-state index in [9.17, 15) is 0 Å². The lowest BCUT2D eigenvalue weighted by atomic mass is 10.1. The molecule has 0 unspecified atom stereocenters. The van der Waals surface area contributed by atoms with Crippen LogP contribution in [-0.4, -0.2) is 57.4 Å². The number of guanidine groups is 1. The van der Waals surface area contributed by atoms with Gasteiger partial charge in [0.1, 0.15) is 0 Å². The zero-order valence-electron chi connectivity index (χ0n) is 14.1. The van der Waals surface area contributed by atoms with Gasteiger partial charge in [0, 0.05) is 19.6 Å². The van der Waals surface area contributed by atoms with E-state index in [1.165, 1.54) is 5.56 Å². The van der Waals surface area contributed by atoms with Crippen LogP contribution in [0.3, 0.4) is 0 Å². The van der Waals surface area contributed by atoms with Gasteiger partial charge in [0.05, 0.1) is 26.9 Å². The molecule has 0 atom stereocenters. The highest BCUT2D eigenvalue weighted by Gasteiger charge is 2.11. The fraction of sp³-hybridized carbons (Fsp3) is 0.588. The van der Waals surface area contributed by atoms with Crippen molar-refractivity contribution in [2.45, 2.75) is 19.8 Å². The SMILES string of the molecule is CCOc1cc(CCCN=C(N)N2CCOCC2)ccc1OC. The van der Waals surface area contributed by atoms with Crippen LogP contribution in [0.5, 0.6) is 11.5 Å². The van der Waals surface area contributed by atoms with E-state index in [2.05, 4.69) is 16.0 Å². The van der Waals surface area contributed by atoms with Gasteiger partial charge in [-0.15, -0.1) is 0 Å². The molecule has 0 aromatic heterocycles. The van der Waals surface area contributed by atoms with Crippen molar-refractivity contribution in [3.05, 3.63) is 23.8 Å². The van der Waals surface area contributed by atoms with Crippen LogP contribution in [0, 0.1) is 0 Å². The molecule has 0 saturated carbocycles. The normalized spacial score (nSPS) is 15.6. The fourth-order valence-corrected chi connectivity index (χ4v) is 2.51. The van der Waals surface area contributed by atoms with Crippen molar-refractivity contribution in [1.29, 1.82) is 0 Å². The van der Waals surface area contributed by atoms with E-state index in [-0.39, 0.29) is 0 Å². The molecule has 1 saturated heterocycles. The maximum absolute atomic E-state index is 6.01. The third-order valence-electron chi connectivity index (χ3n) is 3.76. The Kier molecular flexibility index (Phi) is 7.00. The minimum atomic E-state index is 0.623. The highest BCUT2D eigenvalue weighted by molar-refractivity contribution is 5.78. The quantitative estimate of drug-likeness (QED) is 0.470. The second-order valence-electron chi connectivity index (χ2n) is 5.36. The van der Waals surface area contributed by atoms with Gasteiger partial charge in [-0.1, -0.05) is 6.07 Å². The number of hydrogen-bond donors (Lipinski definition) is 1. The van der Waals surface area contributed by atoms with Gasteiger partial charge in [-0.05, 0) is 37.5 Å². The van der Waals surface area contributed by atoms with E-state index in [0.717, 1.165) is 57.2 Å². The van der Waals surface area contributed by atoms with Gasteiger partial charge in [-0.25, -0.2) is 0 Å². The maximum atomic E-state index is 6.01. The highest BCUT2D eigenvalue weighted by Crippen LogP contribution is 2.28. The predicted octanol–water partition coefficient (Wildman–Crippen LogP) is 1.67. The lowest BCUT2D eigenvalue weighted by molar-refractivity contribution is 0.0674. The molecule has 0 radical (unpaired) electrons. The van der Waals surface area contributed by atoms with Gasteiger partial charge in [-0.3, -0.25) is 4.99 Å². The third-order valence-corrected chi connectivity index (χ3v) is 3.76. The van der Waals surface area contributed by atoms with Crippen LogP contribution < -0.4 is 15.2 Å². The van der Waals surface area contributed by atoms with E-state index in [1.54, 1.807) is 7.11 Å². The van der Waals surface area contributed by atoms with Crippen molar-refractivity contribution in [3.63, 3.8) is 0 Å². The summed E-state index contributed by atoms with van der Waals surface area (Å²) in [6.45, 7) is 6.41. The Balaban J connectivity index is 1.82. The molecule has 0 spiro atoms. The van der Waals surface area contributed by atoms with E-state index in [0.29, 0.717) is 12.6 Å². The highest BCUT2D eigenvalue weighted by atomic mass is 16.5. The van der Waals surface area contributed by atoms with Gasteiger partial charge in [0.2, 0.25) is 0 Å². The Morgan fingerprint density at radius 1 is 1.30 bits per heavy atom. The molecule has 1 fully saturated rings. The summed E-state index contributed by atoms with van der Waals surface area (Å²) in [5.74, 6) is 2.19. The average molecular weight is 321 g/mol. The van der Waals surface area contributed by atoms with Gasteiger partial charge in [-0.2, -0.15) is 0 Å². The molecule has 128 valence electrons. The molecule has 0 bridgehead atoms. The standard InChI is InChI=1S/C17H27N3O3/c1-3-23-16-13-14(6-7-15(16)21-2)5-4-8-19-17(18)20-9-11-22-12-10-20/h6-7,13H,3-5,8-12H2,1-2H3,(H2,18,19). The lowest BCUT2D eigenvalue weighted by Crippen LogP contribution is -2.44. The van der Waals surface area contributed by atoms with Crippen LogP contribution >= 0.6 is 0 Å². The first-order valence-electron chi connectivity index (χ1n) is 8.17. The molecule has 6 heteroatoms. The molecule has 6 nitrogen and oxygen atoms in total. The predicted molar refractivity (Wildman–Crippen MR) is 91.4 cm³/mol. The monoisotopic (exact) mass is 321 g/mol. The Labute approximate surface area is 138 Å². The number of benzene rings is 1. The number of aliphatic imine (C=N–C) groups is 1. The van der Waals surface area contributed by atoms with Crippen LogP contribution in [0.2, 0.25) is 0 Å². The molecule has 23 heavy (non-hydrogen) atoms. The number of nitrogens with two attached hydrogens (primary N) is 1. The van der Waals surface area contributed by atoms with Gasteiger partial charge >= 0.3 is 0 Å². The van der Waals surface area contributed by atoms with Crippen molar-refractivity contribution >= 4 is 5.96 Å². The molecule has 0 amide bonds. The van der Waals surface area contributed by atoms with Crippen molar-refractivity contribution in [1.82, 2.24) is 4.90 Å². The molecule has 1 aliphatic rings. The molecule has 0 aliphatic carbocycles. The maximum Gasteiger partial charge on any atom is 0.191 e. The summed E-state index contributed by atoms with van der Waals surface area (Å²) >= 11 is 0. The first-order valence-corrected chi connectivity index (χ1v) is 8.17. The van der Waals surface area contributed by atoms with Crippen molar-refractivity contribution in [3.8, 4) is 11.5 Å². The van der Waals surface area contributed by atoms with Gasteiger partial charge in [0.25, 0.3) is 0 Å². The van der Waals surface area contributed by atoms with Gasteiger partial charge in [0.15, 0.2) is 17.5 Å². The number of nitrogens with zero attached hydrogens (tertiary/aromatic N) is 2. The molecule has 2 N–H and O–H groups in total. The van der Waals surface area contributed by atoms with Crippen molar-refractivity contribution < 1.29 is 14.2 Å². The fourth-order valence-electron chi connectivity index (χ4n) is 2.51.